The third-order valence-electron chi connectivity index (χ3n) is 8.53. The van der Waals surface area contributed by atoms with Crippen LogP contribution in [0.25, 0.3) is 0 Å². The Labute approximate surface area is 183 Å². The van der Waals surface area contributed by atoms with Crippen molar-refractivity contribution in [1.82, 2.24) is 0 Å². The fourth-order valence-corrected chi connectivity index (χ4v) is 7.14. The molecular weight excluding hydrogens is 396 g/mol. The number of esters is 1. The summed E-state index contributed by atoms with van der Waals surface area (Å²) in [6.07, 6.45) is 6.77. The van der Waals surface area contributed by atoms with Crippen molar-refractivity contribution >= 4 is 17.5 Å². The monoisotopic (exact) mass is 428 g/mol. The zero-order valence-corrected chi connectivity index (χ0v) is 18.7. The Kier molecular flexibility index (Phi) is 5.17. The highest BCUT2D eigenvalue weighted by atomic mass is 16.6. The Morgan fingerprint density at radius 1 is 1.26 bits per heavy atom. The average molecular weight is 429 g/mol. The second-order valence-corrected chi connectivity index (χ2v) is 10.0. The average Bonchev–Trinajstić information content (AvgIpc) is 2.94. The quantitative estimate of drug-likeness (QED) is 0.528. The number of hydrogen-bond acceptors (Lipinski definition) is 6. The molecule has 0 spiro atoms. The van der Waals surface area contributed by atoms with E-state index in [1.807, 2.05) is 26.8 Å². The molecule has 2 N–H and O–H groups in total. The van der Waals surface area contributed by atoms with E-state index in [9.17, 15) is 24.6 Å². The molecule has 6 nitrogen and oxygen atoms in total. The summed E-state index contributed by atoms with van der Waals surface area (Å²) in [6, 6.07) is 0. The summed E-state index contributed by atoms with van der Waals surface area (Å²) in [5, 5.41) is 21.3. The van der Waals surface area contributed by atoms with Gasteiger partial charge in [-0.15, -0.1) is 0 Å². The molecule has 4 aliphatic rings. The molecule has 31 heavy (non-hydrogen) atoms. The number of carbonyl (C=O) groups is 3. The van der Waals surface area contributed by atoms with Crippen molar-refractivity contribution < 1.29 is 29.3 Å². The van der Waals surface area contributed by atoms with E-state index in [0.29, 0.717) is 12.8 Å². The van der Waals surface area contributed by atoms with Crippen molar-refractivity contribution in [2.75, 3.05) is 6.61 Å². The Hall–Kier alpha value is -2.05. The van der Waals surface area contributed by atoms with E-state index < -0.39 is 40.9 Å². The first kappa shape index (κ1) is 22.2. The van der Waals surface area contributed by atoms with Gasteiger partial charge in [0.05, 0.1) is 6.10 Å². The number of aliphatic hydroxyl groups excluding tert-OH is 2. The van der Waals surface area contributed by atoms with Gasteiger partial charge in [-0.1, -0.05) is 38.0 Å². The second kappa shape index (κ2) is 7.24. The molecule has 0 bridgehead atoms. The van der Waals surface area contributed by atoms with Crippen LogP contribution < -0.4 is 0 Å². The first-order chi connectivity index (χ1) is 14.5. The van der Waals surface area contributed by atoms with Crippen LogP contribution in [0.1, 0.15) is 59.8 Å². The fraction of sp³-hybridized carbons (Fsp3) is 0.640. The van der Waals surface area contributed by atoms with Crippen LogP contribution in [0.15, 0.2) is 34.9 Å². The molecule has 168 valence electrons. The molecule has 4 aliphatic carbocycles. The Bertz CT molecular complexity index is 942. The van der Waals surface area contributed by atoms with Gasteiger partial charge < -0.3 is 14.9 Å². The van der Waals surface area contributed by atoms with Gasteiger partial charge in [-0.2, -0.15) is 0 Å². The number of Topliss-reactive ketones (excluding diaryl/α,β-unsaturated/α-hetero) is 1. The van der Waals surface area contributed by atoms with E-state index in [1.165, 1.54) is 0 Å². The number of rotatable bonds is 4. The van der Waals surface area contributed by atoms with Crippen molar-refractivity contribution in [1.29, 1.82) is 0 Å². The van der Waals surface area contributed by atoms with Gasteiger partial charge >= 0.3 is 5.97 Å². The third-order valence-corrected chi connectivity index (χ3v) is 8.53. The van der Waals surface area contributed by atoms with Gasteiger partial charge in [0.25, 0.3) is 0 Å². The molecule has 0 radical (unpaired) electrons. The van der Waals surface area contributed by atoms with Crippen molar-refractivity contribution in [3.05, 3.63) is 34.9 Å². The Morgan fingerprint density at radius 2 is 1.97 bits per heavy atom. The summed E-state index contributed by atoms with van der Waals surface area (Å²) in [5.74, 6) is -1.33. The molecule has 6 heteroatoms. The molecule has 0 amide bonds. The lowest BCUT2D eigenvalue weighted by molar-refractivity contribution is -0.191. The van der Waals surface area contributed by atoms with E-state index in [1.54, 1.807) is 19.1 Å². The fourth-order valence-electron chi connectivity index (χ4n) is 7.14. The van der Waals surface area contributed by atoms with Gasteiger partial charge in [-0.25, -0.2) is 0 Å². The molecule has 0 aromatic heterocycles. The molecule has 6 atom stereocenters. The topological polar surface area (TPSA) is 101 Å². The third kappa shape index (κ3) is 2.80. The molecular formula is C25H32O6. The van der Waals surface area contributed by atoms with E-state index >= 15 is 0 Å². The maximum Gasteiger partial charge on any atom is 0.306 e. The molecule has 2 unspecified atom stereocenters. The van der Waals surface area contributed by atoms with Gasteiger partial charge in [-0.05, 0) is 56.3 Å². The normalized spacial score (nSPS) is 41.3. The summed E-state index contributed by atoms with van der Waals surface area (Å²) in [5.41, 5.74) is 0.264. The van der Waals surface area contributed by atoms with E-state index in [2.05, 4.69) is 0 Å². The van der Waals surface area contributed by atoms with Gasteiger partial charge in [0.1, 0.15) is 6.61 Å². The summed E-state index contributed by atoms with van der Waals surface area (Å²) < 4.78 is 5.91. The van der Waals surface area contributed by atoms with Crippen LogP contribution in [0.3, 0.4) is 0 Å². The van der Waals surface area contributed by atoms with Crippen LogP contribution >= 0.6 is 0 Å². The first-order valence-corrected chi connectivity index (χ1v) is 11.3. The predicted molar refractivity (Wildman–Crippen MR) is 114 cm³/mol. The Morgan fingerprint density at radius 3 is 2.61 bits per heavy atom. The SMILES string of the molecule is CCC(=O)O[C@]1(C(=O)CO)C(C)C[C@H]2C3=C(C(O)C[C@@]21C)[C@@]1(C)C=CC(=O)C=C1CC3. The zero-order chi connectivity index (χ0) is 22.8. The van der Waals surface area contributed by atoms with E-state index in [-0.39, 0.29) is 30.5 Å². The summed E-state index contributed by atoms with van der Waals surface area (Å²) in [4.78, 5) is 37.5. The van der Waals surface area contributed by atoms with Crippen LogP contribution in [0.2, 0.25) is 0 Å². The molecule has 0 aromatic rings. The van der Waals surface area contributed by atoms with Crippen LogP contribution in [0, 0.1) is 22.7 Å². The largest absolute Gasteiger partial charge is 0.450 e. The van der Waals surface area contributed by atoms with E-state index in [0.717, 1.165) is 23.1 Å². The number of allylic oxidation sites excluding steroid dienone is 5. The minimum absolute atomic E-state index is 0.0276. The standard InChI is InChI=1S/C25H32O6/c1-5-21(30)31-25(20(29)13-26)14(2)10-18-17-7-6-15-11-16(27)8-9-23(15,3)22(17)19(28)12-24(18,25)4/h8-9,11,14,18-19,26,28H,5-7,10,12-13H2,1-4H3/t14?,18-,19?,23-,24-,25-/m0/s1. The molecule has 0 aromatic carbocycles. The summed E-state index contributed by atoms with van der Waals surface area (Å²) >= 11 is 0. The highest BCUT2D eigenvalue weighted by molar-refractivity contribution is 6.01. The molecule has 1 saturated carbocycles. The lowest BCUT2D eigenvalue weighted by Crippen LogP contribution is -2.61. The molecule has 0 saturated heterocycles. The smallest absolute Gasteiger partial charge is 0.306 e. The van der Waals surface area contributed by atoms with Gasteiger partial charge in [0.2, 0.25) is 5.78 Å². The molecule has 4 rings (SSSR count). The molecule has 0 aliphatic heterocycles. The number of fused-ring (bicyclic) bond motifs is 4. The van der Waals surface area contributed by atoms with Crippen LogP contribution in [-0.4, -0.2) is 46.1 Å². The number of hydrogen-bond donors (Lipinski definition) is 2. The van der Waals surface area contributed by atoms with Crippen molar-refractivity contribution in [2.24, 2.45) is 22.7 Å². The first-order valence-electron chi connectivity index (χ1n) is 11.3. The highest BCUT2D eigenvalue weighted by Gasteiger charge is 2.70. The summed E-state index contributed by atoms with van der Waals surface area (Å²) in [7, 11) is 0. The van der Waals surface area contributed by atoms with E-state index in [4.69, 9.17) is 4.74 Å². The van der Waals surface area contributed by atoms with Crippen molar-refractivity contribution in [3.63, 3.8) is 0 Å². The zero-order valence-electron chi connectivity index (χ0n) is 18.7. The minimum Gasteiger partial charge on any atom is -0.450 e. The predicted octanol–water partition coefficient (Wildman–Crippen LogP) is 2.83. The highest BCUT2D eigenvalue weighted by Crippen LogP contribution is 2.67. The van der Waals surface area contributed by atoms with Crippen molar-refractivity contribution in [3.8, 4) is 0 Å². The number of carbonyl (C=O) groups excluding carboxylic acids is 3. The van der Waals surface area contributed by atoms with Gasteiger partial charge in [0, 0.05) is 23.2 Å². The van der Waals surface area contributed by atoms with Gasteiger partial charge in [0.15, 0.2) is 11.4 Å². The second-order valence-electron chi connectivity index (χ2n) is 10.0. The van der Waals surface area contributed by atoms with Crippen LogP contribution in [0.4, 0.5) is 0 Å². The number of ketones is 2. The molecule has 0 heterocycles. The van der Waals surface area contributed by atoms with Crippen molar-refractivity contribution in [2.45, 2.75) is 71.5 Å². The lowest BCUT2D eigenvalue weighted by atomic mass is 9.52. The Balaban J connectivity index is 1.88. The lowest BCUT2D eigenvalue weighted by Gasteiger charge is -2.54. The number of aliphatic hydroxyl groups is 2. The number of ether oxygens (including phenoxy) is 1. The maximum absolute atomic E-state index is 13.2. The van der Waals surface area contributed by atoms with Gasteiger partial charge in [-0.3, -0.25) is 14.4 Å². The van der Waals surface area contributed by atoms with Crippen LogP contribution in [-0.2, 0) is 19.1 Å². The molecule has 1 fully saturated rings. The maximum atomic E-state index is 13.2. The summed E-state index contributed by atoms with van der Waals surface area (Å²) in [6.45, 7) is 6.85. The minimum atomic E-state index is -1.46. The van der Waals surface area contributed by atoms with Crippen LogP contribution in [0.5, 0.6) is 0 Å².